The monoisotopic (exact) mass is 288 g/mol. The predicted octanol–water partition coefficient (Wildman–Crippen LogP) is 1.27. The van der Waals surface area contributed by atoms with Crippen molar-refractivity contribution in [1.29, 1.82) is 0 Å². The van der Waals surface area contributed by atoms with Gasteiger partial charge < -0.3 is 14.6 Å². The first kappa shape index (κ1) is 14.5. The van der Waals surface area contributed by atoms with E-state index in [1.54, 1.807) is 12.3 Å². The zero-order valence-corrected chi connectivity index (χ0v) is 13.0. The van der Waals surface area contributed by atoms with Crippen molar-refractivity contribution in [2.45, 2.75) is 57.8 Å². The molecule has 1 aliphatic carbocycles. The maximum atomic E-state index is 11.9. The van der Waals surface area contributed by atoms with Crippen molar-refractivity contribution in [1.82, 2.24) is 10.3 Å². The molecule has 2 fully saturated rings. The van der Waals surface area contributed by atoms with E-state index < -0.39 is 7.12 Å². The lowest BCUT2D eigenvalue weighted by Crippen LogP contribution is -2.41. The molecule has 0 aromatic carbocycles. The first-order valence-corrected chi connectivity index (χ1v) is 7.41. The fourth-order valence-corrected chi connectivity index (χ4v) is 2.15. The van der Waals surface area contributed by atoms with Gasteiger partial charge in [-0.3, -0.25) is 9.78 Å². The van der Waals surface area contributed by atoms with Crippen LogP contribution in [0.5, 0.6) is 0 Å². The Morgan fingerprint density at radius 1 is 1.24 bits per heavy atom. The van der Waals surface area contributed by atoms with Gasteiger partial charge >= 0.3 is 7.12 Å². The minimum absolute atomic E-state index is 0.113. The standard InChI is InChI=1S/C15H21BN2O3/c1-14(2)15(3,4)21-16(20-14)10-5-8-12(17-9-10)13(19)18-11-6-7-11/h5,8-9,11H,6-7H2,1-4H3,(H,18,19). The molecule has 0 radical (unpaired) electrons. The van der Waals surface area contributed by atoms with Gasteiger partial charge in [0, 0.05) is 17.7 Å². The smallest absolute Gasteiger partial charge is 0.399 e. The second-order valence-corrected chi connectivity index (χ2v) is 6.81. The molecule has 21 heavy (non-hydrogen) atoms. The molecule has 1 N–H and O–H groups in total. The van der Waals surface area contributed by atoms with E-state index >= 15 is 0 Å². The van der Waals surface area contributed by atoms with Crippen LogP contribution in [-0.2, 0) is 9.31 Å². The number of hydrogen-bond acceptors (Lipinski definition) is 4. The van der Waals surface area contributed by atoms with E-state index in [0.29, 0.717) is 11.7 Å². The van der Waals surface area contributed by atoms with Gasteiger partial charge in [0.25, 0.3) is 5.91 Å². The number of carbonyl (C=O) groups excluding carboxylic acids is 1. The Kier molecular flexibility index (Phi) is 3.33. The molecular formula is C15H21BN2O3. The molecule has 2 heterocycles. The number of aromatic nitrogens is 1. The molecule has 112 valence electrons. The summed E-state index contributed by atoms with van der Waals surface area (Å²) >= 11 is 0. The average Bonchev–Trinajstić information content (AvgIpc) is 3.17. The molecule has 3 rings (SSSR count). The summed E-state index contributed by atoms with van der Waals surface area (Å²) in [7, 11) is -0.442. The van der Waals surface area contributed by atoms with Gasteiger partial charge in [0.1, 0.15) is 5.69 Å². The summed E-state index contributed by atoms with van der Waals surface area (Å²) in [6, 6.07) is 3.90. The minimum Gasteiger partial charge on any atom is -0.399 e. The van der Waals surface area contributed by atoms with Gasteiger partial charge in [-0.1, -0.05) is 6.07 Å². The Hall–Kier alpha value is -1.40. The number of amides is 1. The molecule has 1 aromatic heterocycles. The van der Waals surface area contributed by atoms with Crippen LogP contribution in [0.3, 0.4) is 0 Å². The van der Waals surface area contributed by atoms with Gasteiger partial charge in [-0.2, -0.15) is 0 Å². The van der Waals surface area contributed by atoms with Gasteiger partial charge in [-0.05, 0) is 46.6 Å². The van der Waals surface area contributed by atoms with Gasteiger partial charge in [0.15, 0.2) is 0 Å². The molecule has 2 aliphatic rings. The summed E-state index contributed by atoms with van der Waals surface area (Å²) in [5, 5.41) is 2.92. The van der Waals surface area contributed by atoms with Crippen molar-refractivity contribution < 1.29 is 14.1 Å². The van der Waals surface area contributed by atoms with Gasteiger partial charge in [-0.15, -0.1) is 0 Å². The lowest BCUT2D eigenvalue weighted by Gasteiger charge is -2.32. The summed E-state index contributed by atoms with van der Waals surface area (Å²) in [6.45, 7) is 8.05. The van der Waals surface area contributed by atoms with Crippen LogP contribution in [0, 0.1) is 0 Å². The van der Waals surface area contributed by atoms with E-state index in [1.807, 2.05) is 33.8 Å². The SMILES string of the molecule is CC1(C)OB(c2ccc(C(=O)NC3CC3)nc2)OC1(C)C. The number of nitrogens with one attached hydrogen (secondary N) is 1. The zero-order valence-electron chi connectivity index (χ0n) is 13.0. The third kappa shape index (κ3) is 2.83. The Labute approximate surface area is 125 Å². The van der Waals surface area contributed by atoms with Gasteiger partial charge in [0.05, 0.1) is 11.2 Å². The van der Waals surface area contributed by atoms with Crippen LogP contribution in [0.1, 0.15) is 51.0 Å². The topological polar surface area (TPSA) is 60.5 Å². The summed E-state index contributed by atoms with van der Waals surface area (Å²) in [5.74, 6) is -0.113. The van der Waals surface area contributed by atoms with Crippen LogP contribution >= 0.6 is 0 Å². The maximum Gasteiger partial charge on any atom is 0.496 e. The number of pyridine rings is 1. The highest BCUT2D eigenvalue weighted by molar-refractivity contribution is 6.62. The van der Waals surface area contributed by atoms with Crippen LogP contribution in [0.25, 0.3) is 0 Å². The molecule has 1 amide bonds. The zero-order chi connectivity index (χ0) is 15.3. The number of hydrogen-bond donors (Lipinski definition) is 1. The Bertz CT molecular complexity index is 537. The van der Waals surface area contributed by atoms with Crippen molar-refractivity contribution >= 4 is 18.5 Å². The van der Waals surface area contributed by atoms with Crippen LogP contribution < -0.4 is 10.8 Å². The summed E-state index contributed by atoms with van der Waals surface area (Å²) in [4.78, 5) is 16.1. The highest BCUT2D eigenvalue weighted by Crippen LogP contribution is 2.36. The normalized spacial score (nSPS) is 23.1. The van der Waals surface area contributed by atoms with Crippen molar-refractivity contribution in [3.8, 4) is 0 Å². The van der Waals surface area contributed by atoms with Crippen molar-refractivity contribution in [3.05, 3.63) is 24.0 Å². The van der Waals surface area contributed by atoms with Crippen LogP contribution in [-0.4, -0.2) is 35.3 Å². The molecule has 5 nitrogen and oxygen atoms in total. The number of nitrogens with zero attached hydrogens (tertiary/aromatic N) is 1. The average molecular weight is 288 g/mol. The number of carbonyl (C=O) groups is 1. The van der Waals surface area contributed by atoms with Gasteiger partial charge in [0.2, 0.25) is 0 Å². The summed E-state index contributed by atoms with van der Waals surface area (Å²) < 4.78 is 11.9. The van der Waals surface area contributed by atoms with E-state index in [4.69, 9.17) is 9.31 Å². The predicted molar refractivity (Wildman–Crippen MR) is 80.4 cm³/mol. The molecule has 0 atom stereocenters. The largest absolute Gasteiger partial charge is 0.496 e. The van der Waals surface area contributed by atoms with E-state index in [9.17, 15) is 4.79 Å². The lowest BCUT2D eigenvalue weighted by molar-refractivity contribution is 0.00578. The van der Waals surface area contributed by atoms with E-state index in [1.165, 1.54) is 0 Å². The highest BCUT2D eigenvalue weighted by Gasteiger charge is 2.51. The molecule has 1 aromatic rings. The van der Waals surface area contributed by atoms with E-state index in [-0.39, 0.29) is 17.1 Å². The van der Waals surface area contributed by atoms with Crippen LogP contribution in [0.4, 0.5) is 0 Å². The third-order valence-corrected chi connectivity index (χ3v) is 4.46. The molecule has 1 aliphatic heterocycles. The minimum atomic E-state index is -0.442. The quantitative estimate of drug-likeness (QED) is 0.851. The Balaban J connectivity index is 1.71. The van der Waals surface area contributed by atoms with Crippen molar-refractivity contribution in [2.24, 2.45) is 0 Å². The summed E-state index contributed by atoms with van der Waals surface area (Å²) in [6.07, 6.45) is 3.79. The first-order valence-electron chi connectivity index (χ1n) is 7.41. The highest BCUT2D eigenvalue weighted by atomic mass is 16.7. The van der Waals surface area contributed by atoms with Crippen LogP contribution in [0.15, 0.2) is 18.3 Å². The molecule has 6 heteroatoms. The maximum absolute atomic E-state index is 11.9. The van der Waals surface area contributed by atoms with Crippen molar-refractivity contribution in [3.63, 3.8) is 0 Å². The first-order chi connectivity index (χ1) is 9.78. The molecule has 0 unspecified atom stereocenters. The fourth-order valence-electron chi connectivity index (χ4n) is 2.15. The molecular weight excluding hydrogens is 267 g/mol. The second-order valence-electron chi connectivity index (χ2n) is 6.81. The molecule has 0 bridgehead atoms. The van der Waals surface area contributed by atoms with E-state index in [2.05, 4.69) is 10.3 Å². The third-order valence-electron chi connectivity index (χ3n) is 4.46. The lowest BCUT2D eigenvalue weighted by atomic mass is 9.80. The van der Waals surface area contributed by atoms with Crippen LogP contribution in [0.2, 0.25) is 0 Å². The second kappa shape index (κ2) is 4.82. The Morgan fingerprint density at radius 2 is 1.86 bits per heavy atom. The molecule has 1 saturated carbocycles. The van der Waals surface area contributed by atoms with E-state index in [0.717, 1.165) is 18.3 Å². The molecule has 0 spiro atoms. The Morgan fingerprint density at radius 3 is 2.33 bits per heavy atom. The fraction of sp³-hybridized carbons (Fsp3) is 0.600. The number of rotatable bonds is 3. The van der Waals surface area contributed by atoms with Crippen molar-refractivity contribution in [2.75, 3.05) is 0 Å². The molecule has 1 saturated heterocycles. The van der Waals surface area contributed by atoms with Gasteiger partial charge in [-0.25, -0.2) is 0 Å². The summed E-state index contributed by atoms with van der Waals surface area (Å²) in [5.41, 5.74) is 0.512.